The summed E-state index contributed by atoms with van der Waals surface area (Å²) in [5.74, 6) is -2.54. The van der Waals surface area contributed by atoms with Crippen molar-refractivity contribution in [2.75, 3.05) is 16.3 Å². The van der Waals surface area contributed by atoms with Crippen LogP contribution in [0.3, 0.4) is 0 Å². The van der Waals surface area contributed by atoms with Gasteiger partial charge in [-0.05, 0) is 71.5 Å². The Balaban J connectivity index is 1.02. The van der Waals surface area contributed by atoms with Crippen molar-refractivity contribution in [1.82, 2.24) is 0 Å². The second-order valence-corrected chi connectivity index (χ2v) is 12.3. The first kappa shape index (κ1) is 26.6. The molecule has 2 heterocycles. The number of carbonyl (C=O) groups excluding carboxylic acids is 4. The summed E-state index contributed by atoms with van der Waals surface area (Å²) in [5.41, 5.74) is 7.78. The molecule has 4 aromatic carbocycles. The van der Waals surface area contributed by atoms with Gasteiger partial charge in [0.2, 0.25) is 17.7 Å². The highest BCUT2D eigenvalue weighted by Crippen LogP contribution is 2.61. The van der Waals surface area contributed by atoms with Crippen LogP contribution in [0, 0.1) is 31.6 Å². The molecule has 2 bridgehead atoms. The first-order chi connectivity index (χ1) is 21.3. The van der Waals surface area contributed by atoms with Gasteiger partial charge in [-0.2, -0.15) is 0 Å². The molecule has 0 aromatic heterocycles. The molecule has 0 unspecified atom stereocenters. The lowest BCUT2D eigenvalue weighted by atomic mass is 9.55. The lowest BCUT2D eigenvalue weighted by molar-refractivity contribution is -0.139. The van der Waals surface area contributed by atoms with E-state index in [1.807, 2.05) is 56.3 Å². The van der Waals surface area contributed by atoms with Gasteiger partial charge in [0, 0.05) is 30.5 Å². The van der Waals surface area contributed by atoms with Gasteiger partial charge in [-0.3, -0.25) is 19.2 Å². The molecule has 2 aliphatic heterocycles. The molecular weight excluding hydrogens is 552 g/mol. The molecule has 3 aliphatic carbocycles. The predicted octanol–water partition coefficient (Wildman–Crippen LogP) is 5.66. The lowest BCUT2D eigenvalue weighted by Crippen LogP contribution is -2.41. The van der Waals surface area contributed by atoms with Crippen LogP contribution in [0.15, 0.2) is 91.0 Å². The summed E-state index contributed by atoms with van der Waals surface area (Å²) >= 11 is 0. The average Bonchev–Trinajstić information content (AvgIpc) is 3.54. The van der Waals surface area contributed by atoms with Crippen LogP contribution >= 0.6 is 0 Å². The number of amides is 3. The van der Waals surface area contributed by atoms with Crippen LogP contribution in [-0.4, -0.2) is 30.2 Å². The minimum Gasteiger partial charge on any atom is -0.426 e. The van der Waals surface area contributed by atoms with E-state index in [1.165, 1.54) is 4.90 Å². The van der Waals surface area contributed by atoms with E-state index >= 15 is 0 Å². The molecule has 5 aliphatic rings. The van der Waals surface area contributed by atoms with Crippen LogP contribution in [0.4, 0.5) is 11.4 Å². The Morgan fingerprint density at radius 3 is 1.68 bits per heavy atom. The van der Waals surface area contributed by atoms with Crippen LogP contribution in [0.2, 0.25) is 0 Å². The van der Waals surface area contributed by atoms with Gasteiger partial charge in [0.05, 0.1) is 23.4 Å². The minimum absolute atomic E-state index is 0.0807. The third-order valence-electron chi connectivity index (χ3n) is 9.93. The molecule has 4 aromatic rings. The highest BCUT2D eigenvalue weighted by atomic mass is 16.5. The maximum Gasteiger partial charge on any atom is 0.316 e. The Bertz CT molecular complexity index is 1760. The Morgan fingerprint density at radius 1 is 0.682 bits per heavy atom. The second kappa shape index (κ2) is 9.74. The summed E-state index contributed by atoms with van der Waals surface area (Å²) < 4.78 is 5.68. The summed E-state index contributed by atoms with van der Waals surface area (Å²) in [6.07, 6.45) is 0.0807. The third kappa shape index (κ3) is 3.75. The SMILES string of the molecule is Cc1cccc(C)c1N1C[C@H](C(=O)Oc2ccc(N3C(=O)[C@@H]4C5c6ccccc6C(c6ccccc65)[C@@H]4C3=O)cc2)CC1=O. The molecule has 0 radical (unpaired) electrons. The number of nitrogens with zero attached hydrogens (tertiary/aromatic N) is 2. The van der Waals surface area contributed by atoms with Crippen LogP contribution in [-0.2, 0) is 19.2 Å². The molecule has 9 rings (SSSR count). The predicted molar refractivity (Wildman–Crippen MR) is 164 cm³/mol. The number of hydrogen-bond donors (Lipinski definition) is 0. The molecule has 2 fully saturated rings. The van der Waals surface area contributed by atoms with Crippen molar-refractivity contribution in [2.24, 2.45) is 17.8 Å². The Morgan fingerprint density at radius 2 is 1.18 bits per heavy atom. The van der Waals surface area contributed by atoms with Crippen molar-refractivity contribution in [3.8, 4) is 5.75 Å². The van der Waals surface area contributed by atoms with Crippen LogP contribution in [0.25, 0.3) is 0 Å². The van der Waals surface area contributed by atoms with Gasteiger partial charge >= 0.3 is 5.97 Å². The topological polar surface area (TPSA) is 84.0 Å². The fourth-order valence-corrected chi connectivity index (χ4v) is 8.11. The highest BCUT2D eigenvalue weighted by Gasteiger charge is 2.61. The van der Waals surface area contributed by atoms with Gasteiger partial charge in [-0.15, -0.1) is 0 Å². The van der Waals surface area contributed by atoms with Crippen molar-refractivity contribution >= 4 is 35.1 Å². The van der Waals surface area contributed by atoms with Crippen LogP contribution in [0.5, 0.6) is 5.75 Å². The Hall–Kier alpha value is -5.04. The maximum absolute atomic E-state index is 14.0. The van der Waals surface area contributed by atoms with Crippen LogP contribution < -0.4 is 14.5 Å². The normalized spacial score (nSPS) is 24.8. The Kier molecular flexibility index (Phi) is 5.88. The van der Waals surface area contributed by atoms with E-state index in [0.717, 1.165) is 39.1 Å². The number of esters is 1. The molecule has 0 spiro atoms. The quantitative estimate of drug-likeness (QED) is 0.176. The molecule has 3 amide bonds. The molecule has 44 heavy (non-hydrogen) atoms. The zero-order valence-corrected chi connectivity index (χ0v) is 24.4. The number of ether oxygens (including phenoxy) is 1. The average molecular weight is 583 g/mol. The zero-order chi connectivity index (χ0) is 30.3. The molecular formula is C37H30N2O5. The fraction of sp³-hybridized carbons (Fsp3) is 0.243. The first-order valence-corrected chi connectivity index (χ1v) is 15.1. The van der Waals surface area contributed by atoms with E-state index in [1.54, 1.807) is 29.2 Å². The Labute approximate surface area is 255 Å². The number of aryl methyl sites for hydroxylation is 2. The van der Waals surface area contributed by atoms with Crippen molar-refractivity contribution in [3.63, 3.8) is 0 Å². The summed E-state index contributed by atoms with van der Waals surface area (Å²) in [5, 5.41) is 0. The monoisotopic (exact) mass is 582 g/mol. The van der Waals surface area contributed by atoms with Gasteiger partial charge in [-0.1, -0.05) is 66.7 Å². The van der Waals surface area contributed by atoms with E-state index in [0.29, 0.717) is 11.4 Å². The fourth-order valence-electron chi connectivity index (χ4n) is 8.11. The van der Waals surface area contributed by atoms with E-state index in [-0.39, 0.29) is 42.5 Å². The molecule has 7 nitrogen and oxygen atoms in total. The van der Waals surface area contributed by atoms with Crippen molar-refractivity contribution in [3.05, 3.63) is 124 Å². The van der Waals surface area contributed by atoms with Gasteiger partial charge in [0.25, 0.3) is 0 Å². The summed E-state index contributed by atoms with van der Waals surface area (Å²) in [7, 11) is 0. The van der Waals surface area contributed by atoms with Gasteiger partial charge < -0.3 is 9.64 Å². The number of benzene rings is 4. The second-order valence-electron chi connectivity index (χ2n) is 12.3. The van der Waals surface area contributed by atoms with Crippen LogP contribution in [0.1, 0.15) is 51.6 Å². The van der Waals surface area contributed by atoms with Crippen molar-refractivity contribution < 1.29 is 23.9 Å². The van der Waals surface area contributed by atoms with Crippen molar-refractivity contribution in [2.45, 2.75) is 32.1 Å². The van der Waals surface area contributed by atoms with Gasteiger partial charge in [0.15, 0.2) is 0 Å². The standard InChI is InChI=1S/C37H30N2O5/c1-20-8-7-9-21(2)34(20)38-19-22(18-29(38)40)37(43)44-24-16-14-23(15-17-24)39-35(41)32-30-25-10-3-4-11-26(25)31(33(32)36(39)42)28-13-6-5-12-27(28)30/h3-17,22,30-33H,18-19H2,1-2H3/t22-,30?,31?,32-,33+/m1/s1. The molecule has 3 atom stereocenters. The van der Waals surface area contributed by atoms with Gasteiger partial charge in [-0.25, -0.2) is 4.90 Å². The number of hydrogen-bond acceptors (Lipinski definition) is 5. The summed E-state index contributed by atoms with van der Waals surface area (Å²) in [4.78, 5) is 57.0. The summed E-state index contributed by atoms with van der Waals surface area (Å²) in [6.45, 7) is 4.17. The highest BCUT2D eigenvalue weighted by molar-refractivity contribution is 6.23. The molecule has 0 N–H and O–H groups in total. The third-order valence-corrected chi connectivity index (χ3v) is 9.93. The lowest BCUT2D eigenvalue weighted by Gasteiger charge is -2.45. The molecule has 0 saturated carbocycles. The number of carbonyl (C=O) groups is 4. The van der Waals surface area contributed by atoms with E-state index in [4.69, 9.17) is 4.74 Å². The molecule has 2 saturated heterocycles. The first-order valence-electron chi connectivity index (χ1n) is 15.1. The molecule has 218 valence electrons. The minimum atomic E-state index is -0.593. The summed E-state index contributed by atoms with van der Waals surface area (Å²) in [6, 6.07) is 28.7. The number of anilines is 2. The molecule has 7 heteroatoms. The van der Waals surface area contributed by atoms with E-state index < -0.39 is 23.7 Å². The van der Waals surface area contributed by atoms with Gasteiger partial charge in [0.1, 0.15) is 5.75 Å². The zero-order valence-electron chi connectivity index (χ0n) is 24.4. The smallest absolute Gasteiger partial charge is 0.316 e. The number of rotatable bonds is 4. The van der Waals surface area contributed by atoms with E-state index in [2.05, 4.69) is 24.3 Å². The number of imide groups is 1. The maximum atomic E-state index is 14.0. The van der Waals surface area contributed by atoms with Crippen molar-refractivity contribution in [1.29, 1.82) is 0 Å². The van der Waals surface area contributed by atoms with E-state index in [9.17, 15) is 19.2 Å². The largest absolute Gasteiger partial charge is 0.426 e. The number of para-hydroxylation sites is 1.